The van der Waals surface area contributed by atoms with Gasteiger partial charge in [-0.05, 0) is 29.3 Å². The van der Waals surface area contributed by atoms with Gasteiger partial charge in [0, 0.05) is 36.4 Å². The normalized spacial score (nSPS) is 11.6. The summed E-state index contributed by atoms with van der Waals surface area (Å²) < 4.78 is 27.3. The zero-order valence-electron chi connectivity index (χ0n) is 13.8. The first kappa shape index (κ1) is 18.4. The van der Waals surface area contributed by atoms with Gasteiger partial charge in [-0.25, -0.2) is 17.2 Å². The number of nitrogens with zero attached hydrogens (tertiary/aromatic N) is 3. The molecule has 0 aliphatic heterocycles. The van der Waals surface area contributed by atoms with Crippen LogP contribution >= 0.6 is 15.9 Å². The molecule has 1 amide bonds. The summed E-state index contributed by atoms with van der Waals surface area (Å²) >= 11 is 3.37. The molecule has 3 aromatic rings. The Morgan fingerprint density at radius 3 is 2.73 bits per heavy atom. The summed E-state index contributed by atoms with van der Waals surface area (Å²) in [6.45, 7) is 0.0784. The van der Waals surface area contributed by atoms with Gasteiger partial charge in [0.1, 0.15) is 4.90 Å². The number of pyridine rings is 1. The van der Waals surface area contributed by atoms with Crippen LogP contribution in [-0.2, 0) is 21.9 Å². The second-order valence-corrected chi connectivity index (χ2v) is 8.14. The Bertz CT molecular complexity index is 1060. The van der Waals surface area contributed by atoms with Crippen LogP contribution in [0.3, 0.4) is 0 Å². The lowest BCUT2D eigenvalue weighted by molar-refractivity contribution is 0.154. The van der Waals surface area contributed by atoms with Crippen molar-refractivity contribution in [1.82, 2.24) is 13.9 Å². The van der Waals surface area contributed by atoms with Gasteiger partial charge in [0.2, 0.25) is 0 Å². The molecule has 7 nitrogen and oxygen atoms in total. The van der Waals surface area contributed by atoms with E-state index in [0.717, 1.165) is 10.5 Å². The molecule has 0 saturated carbocycles. The molecule has 1 aromatic carbocycles. The summed E-state index contributed by atoms with van der Waals surface area (Å²) in [5.74, 6) is 0. The third-order valence-corrected chi connectivity index (χ3v) is 6.30. The summed E-state index contributed by atoms with van der Waals surface area (Å²) in [6.07, 6.45) is 3.18. The number of hydrogen-bond acceptors (Lipinski definition) is 4. The van der Waals surface area contributed by atoms with Crippen molar-refractivity contribution in [3.8, 4) is 0 Å². The fourth-order valence-electron chi connectivity index (χ4n) is 2.66. The zero-order valence-corrected chi connectivity index (χ0v) is 16.2. The average Bonchev–Trinajstić information content (AvgIpc) is 3.00. The number of benzene rings is 1. The third kappa shape index (κ3) is 3.32. The highest BCUT2D eigenvalue weighted by molar-refractivity contribution is 9.08. The van der Waals surface area contributed by atoms with E-state index in [4.69, 9.17) is 5.11 Å². The summed E-state index contributed by atoms with van der Waals surface area (Å²) in [4.78, 5) is 16.2. The molecule has 2 heterocycles. The lowest BCUT2D eigenvalue weighted by atomic mass is 10.1. The quantitative estimate of drug-likeness (QED) is 0.618. The lowest BCUT2D eigenvalue weighted by Crippen LogP contribution is -2.23. The Labute approximate surface area is 159 Å². The van der Waals surface area contributed by atoms with Gasteiger partial charge >= 0.3 is 6.09 Å². The van der Waals surface area contributed by atoms with Gasteiger partial charge in [0.25, 0.3) is 10.0 Å². The molecule has 0 bridgehead atoms. The number of halogens is 1. The highest BCUT2D eigenvalue weighted by atomic mass is 79.9. The third-order valence-electron chi connectivity index (χ3n) is 4.00. The molecule has 1 N–H and O–H groups in total. The van der Waals surface area contributed by atoms with Crippen molar-refractivity contribution in [3.05, 3.63) is 60.0 Å². The first-order chi connectivity index (χ1) is 12.3. The van der Waals surface area contributed by atoms with Crippen molar-refractivity contribution < 1.29 is 18.3 Å². The first-order valence-electron chi connectivity index (χ1n) is 7.63. The van der Waals surface area contributed by atoms with Gasteiger partial charge in [-0.2, -0.15) is 0 Å². The van der Waals surface area contributed by atoms with Crippen LogP contribution in [0.1, 0.15) is 11.1 Å². The highest BCUT2D eigenvalue weighted by Gasteiger charge is 2.22. The van der Waals surface area contributed by atoms with E-state index in [-0.39, 0.29) is 11.4 Å². The minimum atomic E-state index is -3.85. The van der Waals surface area contributed by atoms with Crippen LogP contribution < -0.4 is 0 Å². The number of aromatic nitrogens is 2. The summed E-state index contributed by atoms with van der Waals surface area (Å²) in [7, 11) is -2.41. The largest absolute Gasteiger partial charge is 0.465 e. The molecular weight excluding hydrogens is 422 g/mol. The lowest BCUT2D eigenvalue weighted by Gasteiger charge is -2.11. The van der Waals surface area contributed by atoms with Crippen LogP contribution in [0, 0.1) is 0 Å². The van der Waals surface area contributed by atoms with E-state index in [1.165, 1.54) is 35.7 Å². The predicted octanol–water partition coefficient (Wildman–Crippen LogP) is 3.28. The fraction of sp³-hybridized carbons (Fsp3) is 0.176. The summed E-state index contributed by atoms with van der Waals surface area (Å²) in [6, 6.07) is 8.50. The molecule has 2 aromatic heterocycles. The molecule has 136 valence electrons. The van der Waals surface area contributed by atoms with E-state index in [9.17, 15) is 13.2 Å². The van der Waals surface area contributed by atoms with Crippen LogP contribution in [-0.4, -0.2) is 40.5 Å². The number of alkyl halides is 1. The molecule has 0 fully saturated rings. The van der Waals surface area contributed by atoms with E-state index in [2.05, 4.69) is 20.9 Å². The van der Waals surface area contributed by atoms with E-state index < -0.39 is 16.1 Å². The molecule has 0 aliphatic carbocycles. The van der Waals surface area contributed by atoms with Crippen molar-refractivity contribution in [3.63, 3.8) is 0 Å². The van der Waals surface area contributed by atoms with Crippen LogP contribution in [0.15, 0.2) is 53.8 Å². The van der Waals surface area contributed by atoms with Gasteiger partial charge < -0.3 is 10.0 Å². The van der Waals surface area contributed by atoms with Gasteiger partial charge in [-0.15, -0.1) is 0 Å². The molecule has 3 rings (SSSR count). The molecule has 0 atom stereocenters. The minimum Gasteiger partial charge on any atom is -0.465 e. The number of carbonyl (C=O) groups is 1. The van der Waals surface area contributed by atoms with Gasteiger partial charge in [0.15, 0.2) is 0 Å². The van der Waals surface area contributed by atoms with E-state index in [1.54, 1.807) is 12.1 Å². The minimum absolute atomic E-state index is 0.0688. The smallest absolute Gasteiger partial charge is 0.407 e. The van der Waals surface area contributed by atoms with E-state index in [1.807, 2.05) is 12.1 Å². The van der Waals surface area contributed by atoms with Crippen LogP contribution in [0.5, 0.6) is 0 Å². The number of carboxylic acid groups (broad SMARTS) is 1. The Morgan fingerprint density at radius 1 is 1.35 bits per heavy atom. The number of rotatable bonds is 5. The Hall–Kier alpha value is -2.39. The first-order valence-corrected chi connectivity index (χ1v) is 10.2. The average molecular weight is 438 g/mol. The standard InChI is InChI=1S/C17H16BrN3O4S/c1-20(17(22)23)10-13-11-21(16-7-12(8-18)4-5-15(13)16)26(24,25)14-3-2-6-19-9-14/h2-7,9,11H,8,10H2,1H3,(H,22,23). The highest BCUT2D eigenvalue weighted by Crippen LogP contribution is 2.28. The van der Waals surface area contributed by atoms with Crippen molar-refractivity contribution in [2.45, 2.75) is 16.8 Å². The van der Waals surface area contributed by atoms with Crippen molar-refractivity contribution in [1.29, 1.82) is 0 Å². The summed E-state index contributed by atoms with van der Waals surface area (Å²) in [5, 5.41) is 10.4. The molecule has 0 unspecified atom stereocenters. The molecular formula is C17H16BrN3O4S. The SMILES string of the molecule is CN(Cc1cn(S(=O)(=O)c2cccnc2)c2cc(CBr)ccc12)C(=O)O. The van der Waals surface area contributed by atoms with Gasteiger partial charge in [0.05, 0.1) is 12.1 Å². The maximum absolute atomic E-state index is 13.1. The molecule has 0 saturated heterocycles. The molecule has 26 heavy (non-hydrogen) atoms. The second kappa shape index (κ2) is 7.08. The second-order valence-electron chi connectivity index (χ2n) is 5.77. The maximum atomic E-state index is 13.1. The topological polar surface area (TPSA) is 92.5 Å². The van der Waals surface area contributed by atoms with E-state index in [0.29, 0.717) is 21.8 Å². The zero-order chi connectivity index (χ0) is 18.9. The molecule has 0 aliphatic rings. The number of hydrogen-bond donors (Lipinski definition) is 1. The fourth-order valence-corrected chi connectivity index (χ4v) is 4.35. The Kier molecular flexibility index (Phi) is 5.01. The van der Waals surface area contributed by atoms with Gasteiger partial charge in [-0.1, -0.05) is 28.1 Å². The number of amides is 1. The molecule has 0 spiro atoms. The van der Waals surface area contributed by atoms with Crippen molar-refractivity contribution >= 4 is 42.9 Å². The van der Waals surface area contributed by atoms with E-state index >= 15 is 0 Å². The molecule has 9 heteroatoms. The van der Waals surface area contributed by atoms with Crippen LogP contribution in [0.4, 0.5) is 4.79 Å². The summed E-state index contributed by atoms with van der Waals surface area (Å²) in [5.41, 5.74) is 2.02. The monoisotopic (exact) mass is 437 g/mol. The van der Waals surface area contributed by atoms with Crippen molar-refractivity contribution in [2.24, 2.45) is 0 Å². The van der Waals surface area contributed by atoms with Crippen LogP contribution in [0.2, 0.25) is 0 Å². The van der Waals surface area contributed by atoms with Gasteiger partial charge in [-0.3, -0.25) is 4.98 Å². The molecule has 0 radical (unpaired) electrons. The Morgan fingerprint density at radius 2 is 2.12 bits per heavy atom. The number of fused-ring (bicyclic) bond motifs is 1. The predicted molar refractivity (Wildman–Crippen MR) is 101 cm³/mol. The maximum Gasteiger partial charge on any atom is 0.407 e. The Balaban J connectivity index is 2.23. The van der Waals surface area contributed by atoms with Crippen molar-refractivity contribution in [2.75, 3.05) is 7.05 Å². The van der Waals surface area contributed by atoms with Crippen LogP contribution in [0.25, 0.3) is 10.9 Å².